The number of para-hydroxylation sites is 10. The van der Waals surface area contributed by atoms with Gasteiger partial charge in [0.2, 0.25) is 0 Å². The third kappa shape index (κ3) is 13.8. The van der Waals surface area contributed by atoms with Crippen LogP contribution in [0.25, 0.3) is 112 Å². The van der Waals surface area contributed by atoms with Crippen LogP contribution >= 0.6 is 0 Å². The fourth-order valence-electron chi connectivity index (χ4n) is 14.7. The maximum Gasteiger partial charge on any atom is 0.290 e. The minimum Gasteiger partial charge on any atom is -0.226 e. The minimum atomic E-state index is 0.0263. The van der Waals surface area contributed by atoms with E-state index < -0.39 is 0 Å². The molecular formula is C89H103N10+5. The predicted octanol–water partition coefficient (Wildman–Crippen LogP) is 18.8. The number of nitrogens with zero attached hydrogens (tertiary/aromatic N) is 10. The molecule has 0 bridgehead atoms. The zero-order valence-corrected chi connectivity index (χ0v) is 62.1. The Bertz CT molecular complexity index is 5320. The van der Waals surface area contributed by atoms with Gasteiger partial charge in [-0.25, -0.2) is 45.7 Å². The van der Waals surface area contributed by atoms with Crippen LogP contribution in [0.3, 0.4) is 0 Å². The van der Waals surface area contributed by atoms with Crippen LogP contribution in [0, 0.1) is 40.5 Å². The summed E-state index contributed by atoms with van der Waals surface area (Å²) in [5.74, 6) is 6.98. The fourth-order valence-corrected chi connectivity index (χ4v) is 14.7. The topological polar surface area (TPSA) is 44.0 Å². The van der Waals surface area contributed by atoms with Gasteiger partial charge in [-0.3, -0.25) is 0 Å². The average molecular weight is 1310 g/mol. The Hall–Kier alpha value is -10.5. The number of fused-ring (bicyclic) bond motifs is 5. The smallest absolute Gasteiger partial charge is 0.226 e. The van der Waals surface area contributed by atoms with E-state index in [9.17, 15) is 0 Å². The maximum absolute atomic E-state index is 2.46. The van der Waals surface area contributed by atoms with Crippen LogP contribution in [0.15, 0.2) is 243 Å². The van der Waals surface area contributed by atoms with E-state index in [1.807, 2.05) is 0 Å². The molecule has 0 aliphatic rings. The molecule has 0 amide bonds. The lowest BCUT2D eigenvalue weighted by Crippen LogP contribution is -2.33. The van der Waals surface area contributed by atoms with Gasteiger partial charge in [0.25, 0.3) is 29.1 Å². The lowest BCUT2D eigenvalue weighted by atomic mass is 10.0. The highest BCUT2D eigenvalue weighted by atomic mass is 15.2. The fraction of sp³-hybridized carbons (Fsp3) is 0.270. The summed E-state index contributed by atoms with van der Waals surface area (Å²) in [5.41, 5.74) is 25.9. The molecule has 0 unspecified atom stereocenters. The minimum absolute atomic E-state index is 0.0263. The second-order valence-corrected chi connectivity index (χ2v) is 28.2. The van der Waals surface area contributed by atoms with E-state index in [0.717, 1.165) is 13.1 Å². The molecule has 99 heavy (non-hydrogen) atoms. The molecule has 15 aromatic rings. The van der Waals surface area contributed by atoms with Gasteiger partial charge in [-0.2, -0.15) is 0 Å². The Labute approximate surface area is 587 Å². The van der Waals surface area contributed by atoms with Crippen LogP contribution in [0.4, 0.5) is 0 Å². The molecule has 5 aromatic heterocycles. The molecule has 0 radical (unpaired) electrons. The Morgan fingerprint density at radius 1 is 0.313 bits per heavy atom. The van der Waals surface area contributed by atoms with Crippen molar-refractivity contribution in [1.82, 2.24) is 22.8 Å². The van der Waals surface area contributed by atoms with Crippen LogP contribution in [0.2, 0.25) is 0 Å². The zero-order chi connectivity index (χ0) is 70.6. The van der Waals surface area contributed by atoms with Crippen LogP contribution in [0.5, 0.6) is 0 Å². The highest BCUT2D eigenvalue weighted by molar-refractivity contribution is 5.81. The van der Waals surface area contributed by atoms with Crippen molar-refractivity contribution in [3.63, 3.8) is 0 Å². The summed E-state index contributed by atoms with van der Waals surface area (Å²) >= 11 is 0. The quantitative estimate of drug-likeness (QED) is 0.129. The number of aryl methyl sites for hydroxylation is 12. The van der Waals surface area contributed by atoms with Crippen LogP contribution < -0.4 is 22.8 Å². The number of benzene rings is 10. The van der Waals surface area contributed by atoms with Crippen molar-refractivity contribution >= 4 is 55.2 Å². The number of rotatable bonds is 9. The van der Waals surface area contributed by atoms with E-state index in [-0.39, 0.29) is 5.54 Å². The van der Waals surface area contributed by atoms with Gasteiger partial charge in [0, 0.05) is 0 Å². The summed E-state index contributed by atoms with van der Waals surface area (Å²) in [6, 6.07) is 86.4. The molecule has 504 valence electrons. The van der Waals surface area contributed by atoms with Crippen molar-refractivity contribution in [2.24, 2.45) is 48.2 Å². The summed E-state index contributed by atoms with van der Waals surface area (Å²) in [6.45, 7) is 30.9. The van der Waals surface area contributed by atoms with E-state index in [4.69, 9.17) is 0 Å². The first-order valence-electron chi connectivity index (χ1n) is 35.2. The number of aromatic nitrogens is 10. The molecule has 10 heteroatoms. The average Bonchev–Trinajstić information content (AvgIpc) is 1.62. The second-order valence-electron chi connectivity index (χ2n) is 28.2. The third-order valence-electron chi connectivity index (χ3n) is 19.5. The van der Waals surface area contributed by atoms with E-state index in [2.05, 4.69) is 421 Å². The maximum atomic E-state index is 2.46. The Morgan fingerprint density at radius 3 is 0.970 bits per heavy atom. The van der Waals surface area contributed by atoms with Crippen molar-refractivity contribution in [1.29, 1.82) is 0 Å². The highest BCUT2D eigenvalue weighted by Gasteiger charge is 2.34. The monoisotopic (exact) mass is 1310 g/mol. The molecule has 0 aliphatic heterocycles. The van der Waals surface area contributed by atoms with Crippen LogP contribution in [-0.4, -0.2) is 22.8 Å². The van der Waals surface area contributed by atoms with Gasteiger partial charge < -0.3 is 0 Å². The normalized spacial score (nSPS) is 11.4. The SMILES string of the molecule is CCn1c(-c2ccccc2C)[n+](C)c2ccccc21.Cc1ccccc1-c1n(C(C)(C)C)c2ccccc2[n+]1C.Cc1ccccc1-c1n(C(C)C)c2ccccc2[n+]1C.Cc1ccccc1-c1n(C)c2ccccc2[n+]1C.Cc1ccccc1-c1n(CC(C)C)c2ccccc2[n+]1C. The summed E-state index contributed by atoms with van der Waals surface area (Å²) in [5, 5.41) is 0. The first kappa shape index (κ1) is 69.9. The van der Waals surface area contributed by atoms with Gasteiger partial charge in [0.1, 0.15) is 5.54 Å². The molecule has 0 N–H and O–H groups in total. The highest BCUT2D eigenvalue weighted by Crippen LogP contribution is 2.34. The molecule has 10 nitrogen and oxygen atoms in total. The van der Waals surface area contributed by atoms with Crippen molar-refractivity contribution in [2.45, 2.75) is 115 Å². The standard InChI is InChI=1S/2C19H23N2.C18H21N2.C17H19N2.C16H17N2/c1-14-10-6-7-11-15(14)18-20(5)16-12-8-9-13-17(16)21(18)19(2,3)4;1-14(2)13-21-18-12-8-7-11-17(18)20(4)19(21)16-10-6-5-9-15(16)3;1-13(2)20-17-12-8-7-11-16(17)19(4)18(20)15-10-6-5-9-14(15)3;1-4-19-16-12-8-7-11-15(16)18(3)17(19)14-10-6-5-9-13(14)2;1-12-8-4-5-9-13(12)16-17(2)14-10-6-7-11-15(14)18(16)3/h6-13H,1-5H3;5-12,14H,13H2,1-4H3;5-13H,1-4H3;5-12H,4H2,1-3H3;4-11H,1-3H3/q5*+1. The second kappa shape index (κ2) is 29.7. The molecular weight excluding hydrogens is 1210 g/mol. The van der Waals surface area contributed by atoms with Crippen LogP contribution in [-0.2, 0) is 60.9 Å². The van der Waals surface area contributed by atoms with Gasteiger partial charge in [0.15, 0.2) is 55.2 Å². The van der Waals surface area contributed by atoms with Gasteiger partial charge >= 0.3 is 0 Å². The Kier molecular flexibility index (Phi) is 21.0. The molecule has 0 saturated heterocycles. The summed E-state index contributed by atoms with van der Waals surface area (Å²) in [7, 11) is 12.9. The van der Waals surface area contributed by atoms with Gasteiger partial charge in [-0.1, -0.05) is 166 Å². The Morgan fingerprint density at radius 2 is 0.586 bits per heavy atom. The summed E-state index contributed by atoms with van der Waals surface area (Å²) in [4.78, 5) is 0. The predicted molar refractivity (Wildman–Crippen MR) is 413 cm³/mol. The van der Waals surface area contributed by atoms with Crippen LogP contribution in [0.1, 0.15) is 89.2 Å². The summed E-state index contributed by atoms with van der Waals surface area (Å²) < 4.78 is 23.5. The molecule has 0 aliphatic carbocycles. The van der Waals surface area contributed by atoms with E-state index >= 15 is 0 Å². The summed E-state index contributed by atoms with van der Waals surface area (Å²) in [6.07, 6.45) is 0. The van der Waals surface area contributed by atoms with E-state index in [0.29, 0.717) is 12.0 Å². The Balaban J connectivity index is 0.000000125. The molecule has 0 spiro atoms. The first-order chi connectivity index (χ1) is 47.5. The molecule has 0 fully saturated rings. The number of hydrogen-bond acceptors (Lipinski definition) is 0. The zero-order valence-electron chi connectivity index (χ0n) is 62.1. The number of imidazole rings is 5. The van der Waals surface area contributed by atoms with E-state index in [1.54, 1.807) is 0 Å². The molecule has 10 aromatic carbocycles. The van der Waals surface area contributed by atoms with Crippen molar-refractivity contribution in [3.05, 3.63) is 270 Å². The van der Waals surface area contributed by atoms with E-state index in [1.165, 1.54) is 140 Å². The van der Waals surface area contributed by atoms with Crippen molar-refractivity contribution < 1.29 is 22.8 Å². The van der Waals surface area contributed by atoms with Crippen molar-refractivity contribution in [2.75, 3.05) is 0 Å². The van der Waals surface area contributed by atoms with Gasteiger partial charge in [-0.05, 0) is 201 Å². The lowest BCUT2D eigenvalue weighted by Gasteiger charge is -2.18. The first-order valence-corrected chi connectivity index (χ1v) is 35.2. The van der Waals surface area contributed by atoms with Crippen molar-refractivity contribution in [3.8, 4) is 56.9 Å². The molecule has 15 rings (SSSR count). The van der Waals surface area contributed by atoms with Gasteiger partial charge in [0.05, 0.1) is 89.2 Å². The molecule has 5 heterocycles. The number of hydrogen-bond donors (Lipinski definition) is 0. The molecule has 0 atom stereocenters. The lowest BCUT2D eigenvalue weighted by molar-refractivity contribution is -0.634. The third-order valence-corrected chi connectivity index (χ3v) is 19.5. The van der Waals surface area contributed by atoms with Gasteiger partial charge in [-0.15, -0.1) is 0 Å². The largest absolute Gasteiger partial charge is 0.290 e. The molecule has 0 saturated carbocycles.